The topological polar surface area (TPSA) is 81.0 Å². The van der Waals surface area contributed by atoms with Gasteiger partial charge in [0.15, 0.2) is 5.03 Å². The molecular formula is C13H20N4O2S. The predicted octanol–water partition coefficient (Wildman–Crippen LogP) is 3.55. The van der Waals surface area contributed by atoms with Crippen molar-refractivity contribution >= 4 is 23.4 Å². The Labute approximate surface area is 122 Å². The third kappa shape index (κ3) is 3.59. The van der Waals surface area contributed by atoms with Gasteiger partial charge in [-0.05, 0) is 26.2 Å². The molecule has 0 unspecified atom stereocenters. The molecule has 0 aromatic carbocycles. The average molecular weight is 296 g/mol. The smallest absolute Gasteiger partial charge is 0.322 e. The Hall–Kier alpha value is -1.37. The molecule has 0 radical (unpaired) electrons. The molecule has 0 atom stereocenters. The fourth-order valence-corrected chi connectivity index (χ4v) is 3.67. The van der Waals surface area contributed by atoms with Gasteiger partial charge in [0.05, 0.1) is 4.92 Å². The molecule has 7 heteroatoms. The summed E-state index contributed by atoms with van der Waals surface area (Å²) in [6, 6.07) is 0. The van der Waals surface area contributed by atoms with Crippen LogP contribution in [0, 0.1) is 17.0 Å². The molecule has 2 rings (SSSR count). The number of hydrogen-bond donors (Lipinski definition) is 1. The fourth-order valence-electron chi connectivity index (χ4n) is 2.31. The van der Waals surface area contributed by atoms with Gasteiger partial charge >= 0.3 is 5.69 Å². The van der Waals surface area contributed by atoms with E-state index in [1.54, 1.807) is 6.92 Å². The highest BCUT2D eigenvalue weighted by Crippen LogP contribution is 2.39. The number of anilines is 1. The first-order chi connectivity index (χ1) is 9.61. The lowest BCUT2D eigenvalue weighted by atomic mass is 10.4. The molecular weight excluding hydrogens is 276 g/mol. The van der Waals surface area contributed by atoms with Crippen LogP contribution in [0.3, 0.4) is 0 Å². The van der Waals surface area contributed by atoms with E-state index in [4.69, 9.17) is 0 Å². The third-order valence-corrected chi connectivity index (χ3v) is 4.64. The van der Waals surface area contributed by atoms with E-state index in [0.29, 0.717) is 21.9 Å². The van der Waals surface area contributed by atoms with Crippen LogP contribution in [0.4, 0.5) is 11.6 Å². The zero-order valence-electron chi connectivity index (χ0n) is 11.9. The van der Waals surface area contributed by atoms with Crippen molar-refractivity contribution in [2.24, 2.45) is 0 Å². The number of aromatic nitrogens is 2. The van der Waals surface area contributed by atoms with Gasteiger partial charge in [0.1, 0.15) is 5.69 Å². The quantitative estimate of drug-likeness (QED) is 0.491. The summed E-state index contributed by atoms with van der Waals surface area (Å²) >= 11 is 1.54. The minimum atomic E-state index is -0.365. The van der Waals surface area contributed by atoms with Gasteiger partial charge in [-0.1, -0.05) is 31.5 Å². The Morgan fingerprint density at radius 1 is 1.40 bits per heavy atom. The molecule has 0 amide bonds. The number of thioether (sulfide) groups is 1. The Bertz CT molecular complexity index is 490. The molecule has 20 heavy (non-hydrogen) atoms. The lowest BCUT2D eigenvalue weighted by Crippen LogP contribution is -2.09. The van der Waals surface area contributed by atoms with Gasteiger partial charge in [-0.3, -0.25) is 10.1 Å². The molecule has 0 spiro atoms. The fraction of sp³-hybridized carbons (Fsp3) is 0.692. The second-order valence-electron chi connectivity index (χ2n) is 4.99. The van der Waals surface area contributed by atoms with Crippen LogP contribution in [0.5, 0.6) is 0 Å². The van der Waals surface area contributed by atoms with E-state index in [9.17, 15) is 10.1 Å². The zero-order chi connectivity index (χ0) is 14.5. The molecule has 1 aliphatic rings. The molecule has 1 N–H and O–H groups in total. The number of aryl methyl sites for hydroxylation is 1. The molecule has 1 heterocycles. The molecule has 1 aromatic heterocycles. The van der Waals surface area contributed by atoms with Crippen molar-refractivity contribution in [3.63, 3.8) is 0 Å². The SMILES string of the molecule is CCCNc1nc(C)c([N+](=O)[O-])c(SC2CCCC2)n1. The number of rotatable bonds is 6. The van der Waals surface area contributed by atoms with Gasteiger partial charge in [-0.15, -0.1) is 0 Å². The van der Waals surface area contributed by atoms with Gasteiger partial charge in [0.2, 0.25) is 5.95 Å². The van der Waals surface area contributed by atoms with Crippen LogP contribution >= 0.6 is 11.8 Å². The van der Waals surface area contributed by atoms with E-state index in [2.05, 4.69) is 22.2 Å². The van der Waals surface area contributed by atoms with Crippen LogP contribution in [-0.2, 0) is 0 Å². The van der Waals surface area contributed by atoms with Gasteiger partial charge in [-0.25, -0.2) is 4.98 Å². The monoisotopic (exact) mass is 296 g/mol. The van der Waals surface area contributed by atoms with Gasteiger partial charge in [0.25, 0.3) is 0 Å². The first-order valence-corrected chi connectivity index (χ1v) is 7.93. The summed E-state index contributed by atoms with van der Waals surface area (Å²) in [7, 11) is 0. The maximum atomic E-state index is 11.2. The van der Waals surface area contributed by atoms with Crippen molar-refractivity contribution < 1.29 is 4.92 Å². The largest absolute Gasteiger partial charge is 0.354 e. The Balaban J connectivity index is 2.27. The first-order valence-electron chi connectivity index (χ1n) is 7.05. The van der Waals surface area contributed by atoms with Crippen LogP contribution in [0.15, 0.2) is 5.03 Å². The standard InChI is InChI=1S/C13H20N4O2S/c1-3-8-14-13-15-9(2)11(17(18)19)12(16-13)20-10-6-4-5-7-10/h10H,3-8H2,1-2H3,(H,14,15,16). The molecule has 0 bridgehead atoms. The summed E-state index contributed by atoms with van der Waals surface area (Å²) in [4.78, 5) is 19.4. The van der Waals surface area contributed by atoms with Crippen molar-refractivity contribution in [3.8, 4) is 0 Å². The zero-order valence-corrected chi connectivity index (χ0v) is 12.7. The number of nitrogens with one attached hydrogen (secondary N) is 1. The second-order valence-corrected chi connectivity index (χ2v) is 6.28. The molecule has 1 aromatic rings. The number of nitro groups is 1. The molecule has 1 saturated carbocycles. The highest BCUT2D eigenvalue weighted by Gasteiger charge is 2.26. The summed E-state index contributed by atoms with van der Waals surface area (Å²) in [5.74, 6) is 0.496. The van der Waals surface area contributed by atoms with Crippen LogP contribution in [0.25, 0.3) is 0 Å². The Kier molecular flexibility index (Phi) is 5.17. The lowest BCUT2D eigenvalue weighted by Gasteiger charge is -2.11. The minimum absolute atomic E-state index is 0.0592. The van der Waals surface area contributed by atoms with Crippen LogP contribution < -0.4 is 5.32 Å². The minimum Gasteiger partial charge on any atom is -0.354 e. The maximum Gasteiger partial charge on any atom is 0.322 e. The van der Waals surface area contributed by atoms with Crippen LogP contribution in [0.1, 0.15) is 44.7 Å². The average Bonchev–Trinajstić information content (AvgIpc) is 2.88. The number of nitrogens with zero attached hydrogens (tertiary/aromatic N) is 3. The van der Waals surface area contributed by atoms with E-state index >= 15 is 0 Å². The van der Waals surface area contributed by atoms with Gasteiger partial charge in [-0.2, -0.15) is 4.98 Å². The summed E-state index contributed by atoms with van der Waals surface area (Å²) in [5, 5.41) is 15.3. The van der Waals surface area contributed by atoms with Gasteiger partial charge in [0, 0.05) is 11.8 Å². The second kappa shape index (κ2) is 6.88. The maximum absolute atomic E-state index is 11.2. The normalized spacial score (nSPS) is 15.5. The Morgan fingerprint density at radius 2 is 2.10 bits per heavy atom. The van der Waals surface area contributed by atoms with E-state index < -0.39 is 0 Å². The lowest BCUT2D eigenvalue weighted by molar-refractivity contribution is -0.389. The summed E-state index contributed by atoms with van der Waals surface area (Å²) in [5.41, 5.74) is 0.494. The van der Waals surface area contributed by atoms with Crippen LogP contribution in [-0.4, -0.2) is 26.7 Å². The van der Waals surface area contributed by atoms with Crippen molar-refractivity contribution in [3.05, 3.63) is 15.8 Å². The third-order valence-electron chi connectivity index (χ3n) is 3.32. The number of hydrogen-bond acceptors (Lipinski definition) is 6. The van der Waals surface area contributed by atoms with Crippen molar-refractivity contribution in [1.82, 2.24) is 9.97 Å². The van der Waals surface area contributed by atoms with Crippen molar-refractivity contribution in [2.75, 3.05) is 11.9 Å². The molecule has 0 saturated heterocycles. The predicted molar refractivity (Wildman–Crippen MR) is 80.3 cm³/mol. The summed E-state index contributed by atoms with van der Waals surface area (Å²) in [6.07, 6.45) is 5.60. The molecule has 6 nitrogen and oxygen atoms in total. The summed E-state index contributed by atoms with van der Waals surface area (Å²) in [6.45, 7) is 4.50. The van der Waals surface area contributed by atoms with E-state index in [-0.39, 0.29) is 10.6 Å². The highest BCUT2D eigenvalue weighted by atomic mass is 32.2. The van der Waals surface area contributed by atoms with Crippen molar-refractivity contribution in [1.29, 1.82) is 0 Å². The highest BCUT2D eigenvalue weighted by molar-refractivity contribution is 8.00. The van der Waals surface area contributed by atoms with E-state index in [0.717, 1.165) is 25.8 Å². The van der Waals surface area contributed by atoms with Crippen LogP contribution in [0.2, 0.25) is 0 Å². The first kappa shape index (κ1) is 15.0. The molecule has 1 fully saturated rings. The molecule has 1 aliphatic carbocycles. The van der Waals surface area contributed by atoms with E-state index in [1.807, 2.05) is 0 Å². The Morgan fingerprint density at radius 3 is 2.70 bits per heavy atom. The molecule has 0 aliphatic heterocycles. The summed E-state index contributed by atoms with van der Waals surface area (Å²) < 4.78 is 0. The molecule has 110 valence electrons. The van der Waals surface area contributed by atoms with Crippen molar-refractivity contribution in [2.45, 2.75) is 56.2 Å². The van der Waals surface area contributed by atoms with Gasteiger partial charge < -0.3 is 5.32 Å². The van der Waals surface area contributed by atoms with E-state index in [1.165, 1.54) is 24.6 Å².